The number of benzene rings is 1. The summed E-state index contributed by atoms with van der Waals surface area (Å²) in [5.74, 6) is -0.749. The molecule has 0 radical (unpaired) electrons. The lowest BCUT2D eigenvalue weighted by molar-refractivity contribution is -0.143. The number of carboxylic acid groups (broad SMARTS) is 1. The summed E-state index contributed by atoms with van der Waals surface area (Å²) in [4.78, 5) is 14.1. The van der Waals surface area contributed by atoms with Crippen molar-refractivity contribution < 1.29 is 14.6 Å². The first kappa shape index (κ1) is 17.4. The van der Waals surface area contributed by atoms with E-state index in [-0.39, 0.29) is 0 Å². The number of hydrogen-bond acceptors (Lipinski definition) is 3. The van der Waals surface area contributed by atoms with Crippen LogP contribution in [0, 0.1) is 6.92 Å². The molecule has 1 heterocycles. The van der Waals surface area contributed by atoms with Gasteiger partial charge in [0.05, 0.1) is 12.7 Å². The number of likely N-dealkylation sites (tertiary alicyclic amines) is 1. The Balaban J connectivity index is 1.79. The molecule has 2 aliphatic rings. The van der Waals surface area contributed by atoms with Crippen LogP contribution in [0.4, 0.5) is 0 Å². The quantitative estimate of drug-likeness (QED) is 0.854. The lowest BCUT2D eigenvalue weighted by atomic mass is 9.96. The third kappa shape index (κ3) is 4.17. The average Bonchev–Trinajstić information content (AvgIpc) is 3.09. The van der Waals surface area contributed by atoms with Gasteiger partial charge in [0.25, 0.3) is 0 Å². The summed E-state index contributed by atoms with van der Waals surface area (Å²) >= 11 is 0. The Morgan fingerprint density at radius 2 is 1.92 bits per heavy atom. The number of hydrogen-bond donors (Lipinski definition) is 1. The third-order valence-corrected chi connectivity index (χ3v) is 5.36. The molecule has 1 aliphatic heterocycles. The molecule has 4 nitrogen and oxygen atoms in total. The van der Waals surface area contributed by atoms with Crippen molar-refractivity contribution >= 4 is 5.97 Å². The lowest BCUT2D eigenvalue weighted by Crippen LogP contribution is -2.32. The number of carbonyl (C=O) groups is 1. The zero-order valence-corrected chi connectivity index (χ0v) is 14.7. The van der Waals surface area contributed by atoms with E-state index in [1.54, 1.807) is 0 Å². The second-order valence-electron chi connectivity index (χ2n) is 7.26. The smallest absolute Gasteiger partial charge is 0.325 e. The van der Waals surface area contributed by atoms with E-state index in [0.29, 0.717) is 12.7 Å². The molecular formula is C20H29NO3. The van der Waals surface area contributed by atoms with Gasteiger partial charge in [-0.25, -0.2) is 0 Å². The van der Waals surface area contributed by atoms with Gasteiger partial charge in [-0.2, -0.15) is 0 Å². The van der Waals surface area contributed by atoms with Crippen molar-refractivity contribution in [3.05, 3.63) is 34.9 Å². The van der Waals surface area contributed by atoms with Gasteiger partial charge in [-0.05, 0) is 56.8 Å². The fourth-order valence-corrected chi connectivity index (χ4v) is 4.03. The van der Waals surface area contributed by atoms with Crippen LogP contribution in [0.5, 0.6) is 0 Å². The molecule has 1 aromatic rings. The van der Waals surface area contributed by atoms with E-state index < -0.39 is 12.0 Å². The van der Waals surface area contributed by atoms with Crippen LogP contribution >= 0.6 is 0 Å². The van der Waals surface area contributed by atoms with Gasteiger partial charge in [-0.3, -0.25) is 9.69 Å². The summed E-state index contributed by atoms with van der Waals surface area (Å²) in [7, 11) is 0. The van der Waals surface area contributed by atoms with E-state index in [1.807, 2.05) is 13.0 Å². The first-order chi connectivity index (χ1) is 11.6. The highest BCUT2D eigenvalue weighted by atomic mass is 16.5. The predicted molar refractivity (Wildman–Crippen MR) is 94.0 cm³/mol. The van der Waals surface area contributed by atoms with Crippen molar-refractivity contribution in [2.75, 3.05) is 13.1 Å². The molecule has 1 unspecified atom stereocenters. The Hall–Kier alpha value is -1.39. The van der Waals surface area contributed by atoms with Crippen molar-refractivity contribution in [3.63, 3.8) is 0 Å². The van der Waals surface area contributed by atoms with Gasteiger partial charge in [0, 0.05) is 0 Å². The highest BCUT2D eigenvalue weighted by molar-refractivity contribution is 5.76. The van der Waals surface area contributed by atoms with E-state index >= 15 is 0 Å². The van der Waals surface area contributed by atoms with Crippen molar-refractivity contribution in [2.24, 2.45) is 0 Å². The summed E-state index contributed by atoms with van der Waals surface area (Å²) in [6.45, 7) is 4.29. The molecule has 132 valence electrons. The SMILES string of the molecule is Cc1ccc(COC2CCCCC2)c(C(C(=O)O)N2CCCC2)c1. The van der Waals surface area contributed by atoms with Crippen molar-refractivity contribution in [3.8, 4) is 0 Å². The van der Waals surface area contributed by atoms with Crippen LogP contribution in [-0.4, -0.2) is 35.2 Å². The molecule has 1 saturated heterocycles. The Bertz CT molecular complexity index is 560. The minimum absolute atomic E-state index is 0.336. The summed E-state index contributed by atoms with van der Waals surface area (Å²) in [6, 6.07) is 5.61. The second-order valence-corrected chi connectivity index (χ2v) is 7.26. The van der Waals surface area contributed by atoms with Crippen LogP contribution in [0.15, 0.2) is 18.2 Å². The molecule has 1 saturated carbocycles. The van der Waals surface area contributed by atoms with Crippen molar-refractivity contribution in [1.29, 1.82) is 0 Å². The van der Waals surface area contributed by atoms with Crippen LogP contribution < -0.4 is 0 Å². The number of ether oxygens (including phenoxy) is 1. The van der Waals surface area contributed by atoms with Gasteiger partial charge in [0.15, 0.2) is 0 Å². The fraction of sp³-hybridized carbons (Fsp3) is 0.650. The van der Waals surface area contributed by atoms with Crippen molar-refractivity contribution in [2.45, 2.75) is 70.6 Å². The largest absolute Gasteiger partial charge is 0.480 e. The monoisotopic (exact) mass is 331 g/mol. The Labute approximate surface area is 144 Å². The van der Waals surface area contributed by atoms with Gasteiger partial charge in [0.1, 0.15) is 6.04 Å². The van der Waals surface area contributed by atoms with Gasteiger partial charge in [-0.15, -0.1) is 0 Å². The standard InChI is InChI=1S/C20H29NO3/c1-15-9-10-16(14-24-17-7-3-2-4-8-17)18(13-15)19(20(22)23)21-11-5-6-12-21/h9-10,13,17,19H,2-8,11-12,14H2,1H3,(H,22,23). The van der Waals surface area contributed by atoms with Crippen LogP contribution in [0.25, 0.3) is 0 Å². The average molecular weight is 331 g/mol. The fourth-order valence-electron chi connectivity index (χ4n) is 4.03. The zero-order valence-electron chi connectivity index (χ0n) is 14.7. The topological polar surface area (TPSA) is 49.8 Å². The second kappa shape index (κ2) is 8.13. The Morgan fingerprint density at radius 3 is 2.58 bits per heavy atom. The summed E-state index contributed by atoms with van der Waals surface area (Å²) < 4.78 is 6.13. The Kier molecular flexibility index (Phi) is 5.90. The first-order valence-electron chi connectivity index (χ1n) is 9.33. The van der Waals surface area contributed by atoms with Crippen molar-refractivity contribution in [1.82, 2.24) is 4.90 Å². The van der Waals surface area contributed by atoms with E-state index in [1.165, 1.54) is 19.3 Å². The lowest BCUT2D eigenvalue weighted by Gasteiger charge is -2.27. The molecule has 1 N–H and O–H groups in total. The minimum atomic E-state index is -0.749. The number of nitrogens with zero attached hydrogens (tertiary/aromatic N) is 1. The maximum absolute atomic E-state index is 12.0. The molecule has 1 aliphatic carbocycles. The molecule has 1 atom stereocenters. The maximum atomic E-state index is 12.0. The number of aliphatic carboxylic acids is 1. The molecule has 3 rings (SSSR count). The molecular weight excluding hydrogens is 302 g/mol. The maximum Gasteiger partial charge on any atom is 0.325 e. The molecule has 0 aromatic heterocycles. The summed E-state index contributed by atoms with van der Waals surface area (Å²) in [5.41, 5.74) is 3.06. The van der Waals surface area contributed by atoms with E-state index in [0.717, 1.165) is 55.5 Å². The molecule has 2 fully saturated rings. The van der Waals surface area contributed by atoms with E-state index in [2.05, 4.69) is 17.0 Å². The van der Waals surface area contributed by atoms with Crippen LogP contribution in [0.3, 0.4) is 0 Å². The predicted octanol–water partition coefficient (Wildman–Crippen LogP) is 4.07. The van der Waals surface area contributed by atoms with Crippen LogP contribution in [0.1, 0.15) is 67.7 Å². The third-order valence-electron chi connectivity index (χ3n) is 5.36. The Morgan fingerprint density at radius 1 is 1.21 bits per heavy atom. The molecule has 0 amide bonds. The number of rotatable bonds is 6. The van der Waals surface area contributed by atoms with Gasteiger partial charge in [0.2, 0.25) is 0 Å². The molecule has 0 bridgehead atoms. The first-order valence-corrected chi connectivity index (χ1v) is 9.33. The van der Waals surface area contributed by atoms with Gasteiger partial charge < -0.3 is 9.84 Å². The zero-order chi connectivity index (χ0) is 16.9. The summed E-state index contributed by atoms with van der Waals surface area (Å²) in [5, 5.41) is 9.84. The molecule has 1 aromatic carbocycles. The number of aryl methyl sites for hydroxylation is 1. The van der Waals surface area contributed by atoms with Gasteiger partial charge in [-0.1, -0.05) is 43.0 Å². The number of carboxylic acids is 1. The molecule has 4 heteroatoms. The normalized spacial score (nSPS) is 21.0. The van der Waals surface area contributed by atoms with Gasteiger partial charge >= 0.3 is 5.97 Å². The van der Waals surface area contributed by atoms with Crippen LogP contribution in [-0.2, 0) is 16.1 Å². The molecule has 0 spiro atoms. The molecule has 24 heavy (non-hydrogen) atoms. The highest BCUT2D eigenvalue weighted by Crippen LogP contribution is 2.30. The van der Waals surface area contributed by atoms with E-state index in [9.17, 15) is 9.90 Å². The highest BCUT2D eigenvalue weighted by Gasteiger charge is 2.31. The van der Waals surface area contributed by atoms with E-state index in [4.69, 9.17) is 4.74 Å². The van der Waals surface area contributed by atoms with Crippen LogP contribution in [0.2, 0.25) is 0 Å². The summed E-state index contributed by atoms with van der Waals surface area (Å²) in [6.07, 6.45) is 8.58. The minimum Gasteiger partial charge on any atom is -0.480 e.